The summed E-state index contributed by atoms with van der Waals surface area (Å²) in [5.41, 5.74) is 0.835. The molecule has 7 heteroatoms. The molecule has 1 fully saturated rings. The van der Waals surface area contributed by atoms with Gasteiger partial charge in [0.15, 0.2) is 0 Å². The molecule has 0 radical (unpaired) electrons. The quantitative estimate of drug-likeness (QED) is 0.860. The molecule has 2 aromatic carbocycles. The number of para-hydroxylation sites is 2. The smallest absolute Gasteiger partial charge is 0.416 e. The lowest BCUT2D eigenvalue weighted by Gasteiger charge is -2.37. The highest BCUT2D eigenvalue weighted by Gasteiger charge is 2.30. The number of aliphatic hydroxyl groups is 1. The van der Waals surface area contributed by atoms with Crippen LogP contribution in [0.4, 0.5) is 18.9 Å². The van der Waals surface area contributed by atoms with Crippen molar-refractivity contribution in [2.24, 2.45) is 0 Å². The van der Waals surface area contributed by atoms with Crippen LogP contribution in [0.2, 0.25) is 0 Å². The molecule has 3 rings (SSSR count). The van der Waals surface area contributed by atoms with Crippen molar-refractivity contribution < 1.29 is 23.0 Å². The van der Waals surface area contributed by atoms with Crippen molar-refractivity contribution >= 4 is 5.69 Å². The average Bonchev–Trinajstić information content (AvgIpc) is 2.68. The van der Waals surface area contributed by atoms with Gasteiger partial charge in [-0.25, -0.2) is 0 Å². The molecule has 1 aliphatic heterocycles. The molecule has 1 heterocycles. The summed E-state index contributed by atoms with van der Waals surface area (Å²) in [6, 6.07) is 12.6. The highest BCUT2D eigenvalue weighted by atomic mass is 19.4. The number of anilines is 1. The highest BCUT2D eigenvalue weighted by molar-refractivity contribution is 5.58. The minimum absolute atomic E-state index is 0.394. The van der Waals surface area contributed by atoms with E-state index in [2.05, 4.69) is 9.80 Å². The van der Waals surface area contributed by atoms with Gasteiger partial charge >= 0.3 is 6.18 Å². The molecule has 1 unspecified atom stereocenters. The molecule has 1 atom stereocenters. The maximum Gasteiger partial charge on any atom is 0.416 e. The van der Waals surface area contributed by atoms with Crippen molar-refractivity contribution in [3.63, 3.8) is 0 Å². The first-order chi connectivity index (χ1) is 12.9. The molecule has 4 nitrogen and oxygen atoms in total. The van der Waals surface area contributed by atoms with Crippen LogP contribution < -0.4 is 9.64 Å². The molecule has 2 aromatic rings. The predicted octanol–water partition coefficient (Wildman–Crippen LogP) is 3.57. The molecule has 27 heavy (non-hydrogen) atoms. The van der Waals surface area contributed by atoms with E-state index < -0.39 is 17.8 Å². The van der Waals surface area contributed by atoms with Crippen molar-refractivity contribution in [2.45, 2.75) is 12.3 Å². The summed E-state index contributed by atoms with van der Waals surface area (Å²) in [7, 11) is 1.65. The van der Waals surface area contributed by atoms with Crippen LogP contribution in [0.15, 0.2) is 48.5 Å². The van der Waals surface area contributed by atoms with Gasteiger partial charge in [0.25, 0.3) is 0 Å². The van der Waals surface area contributed by atoms with Gasteiger partial charge in [-0.3, -0.25) is 4.90 Å². The van der Waals surface area contributed by atoms with Crippen LogP contribution in [-0.2, 0) is 6.18 Å². The van der Waals surface area contributed by atoms with Crippen LogP contribution in [0, 0.1) is 0 Å². The van der Waals surface area contributed by atoms with Gasteiger partial charge in [-0.2, -0.15) is 13.2 Å². The van der Waals surface area contributed by atoms with E-state index in [1.54, 1.807) is 7.11 Å². The average molecular weight is 380 g/mol. The second-order valence-corrected chi connectivity index (χ2v) is 6.60. The number of β-amino-alcohol motifs (C(OH)–C–C–N with tert-alkyl or cyclic N) is 1. The van der Waals surface area contributed by atoms with Gasteiger partial charge in [-0.1, -0.05) is 24.3 Å². The number of hydrogen-bond acceptors (Lipinski definition) is 4. The minimum atomic E-state index is -4.36. The Hall–Kier alpha value is -2.25. The highest BCUT2D eigenvalue weighted by Crippen LogP contribution is 2.31. The summed E-state index contributed by atoms with van der Waals surface area (Å²) in [5.74, 6) is 0.829. The predicted molar refractivity (Wildman–Crippen MR) is 98.1 cm³/mol. The molecule has 0 spiro atoms. The van der Waals surface area contributed by atoms with Gasteiger partial charge in [-0.15, -0.1) is 0 Å². The number of methoxy groups -OCH3 is 1. The monoisotopic (exact) mass is 380 g/mol. The molecule has 0 amide bonds. The second kappa shape index (κ2) is 8.19. The van der Waals surface area contributed by atoms with Gasteiger partial charge in [0.2, 0.25) is 0 Å². The number of ether oxygens (including phenoxy) is 1. The number of rotatable bonds is 5. The number of alkyl halides is 3. The number of hydrogen-bond donors (Lipinski definition) is 1. The summed E-state index contributed by atoms with van der Waals surface area (Å²) in [6.07, 6.45) is -5.18. The molecule has 0 aliphatic carbocycles. The van der Waals surface area contributed by atoms with E-state index >= 15 is 0 Å². The molecule has 0 bridgehead atoms. The van der Waals surface area contributed by atoms with Crippen molar-refractivity contribution in [3.8, 4) is 5.75 Å². The number of aliphatic hydroxyl groups excluding tert-OH is 1. The lowest BCUT2D eigenvalue weighted by Crippen LogP contribution is -2.47. The zero-order valence-corrected chi connectivity index (χ0v) is 15.1. The van der Waals surface area contributed by atoms with E-state index in [0.717, 1.165) is 49.7 Å². The van der Waals surface area contributed by atoms with E-state index in [9.17, 15) is 18.3 Å². The van der Waals surface area contributed by atoms with E-state index in [1.165, 1.54) is 12.1 Å². The van der Waals surface area contributed by atoms with Crippen molar-refractivity contribution in [3.05, 3.63) is 59.7 Å². The lowest BCUT2D eigenvalue weighted by atomic mass is 10.1. The molecule has 146 valence electrons. The zero-order chi connectivity index (χ0) is 19.4. The summed E-state index contributed by atoms with van der Waals surface area (Å²) in [6.45, 7) is 3.50. The number of piperazine rings is 1. The van der Waals surface area contributed by atoms with Gasteiger partial charge in [0.1, 0.15) is 5.75 Å². The first kappa shape index (κ1) is 19.5. The Balaban J connectivity index is 1.56. The third-order valence-electron chi connectivity index (χ3n) is 4.85. The van der Waals surface area contributed by atoms with Gasteiger partial charge < -0.3 is 14.7 Å². The molecule has 1 N–H and O–H groups in total. The Morgan fingerprint density at radius 2 is 1.63 bits per heavy atom. The summed E-state index contributed by atoms with van der Waals surface area (Å²) in [5, 5.41) is 10.4. The Morgan fingerprint density at radius 1 is 1.00 bits per heavy atom. The third kappa shape index (κ3) is 4.73. The number of benzene rings is 2. The number of nitrogens with zero attached hydrogens (tertiary/aromatic N) is 2. The first-order valence-electron chi connectivity index (χ1n) is 8.84. The topological polar surface area (TPSA) is 35.9 Å². The van der Waals surface area contributed by atoms with Gasteiger partial charge in [0, 0.05) is 32.7 Å². The van der Waals surface area contributed by atoms with Crippen LogP contribution >= 0.6 is 0 Å². The van der Waals surface area contributed by atoms with E-state index in [-0.39, 0.29) is 0 Å². The fraction of sp³-hybridized carbons (Fsp3) is 0.400. The van der Waals surface area contributed by atoms with E-state index in [0.29, 0.717) is 12.1 Å². The molecule has 1 aliphatic rings. The number of halogens is 3. The van der Waals surface area contributed by atoms with Crippen molar-refractivity contribution in [1.82, 2.24) is 4.90 Å². The van der Waals surface area contributed by atoms with Crippen molar-refractivity contribution in [1.29, 1.82) is 0 Å². The van der Waals surface area contributed by atoms with Gasteiger partial charge in [0.05, 0.1) is 24.5 Å². The Kier molecular flexibility index (Phi) is 5.92. The summed E-state index contributed by atoms with van der Waals surface area (Å²) < 4.78 is 43.3. The van der Waals surface area contributed by atoms with Crippen LogP contribution in [0.25, 0.3) is 0 Å². The Labute approximate surface area is 156 Å². The first-order valence-corrected chi connectivity index (χ1v) is 8.84. The Morgan fingerprint density at radius 3 is 2.22 bits per heavy atom. The molecule has 1 saturated heterocycles. The maximum atomic E-state index is 12.6. The van der Waals surface area contributed by atoms with Crippen LogP contribution in [-0.4, -0.2) is 49.8 Å². The van der Waals surface area contributed by atoms with E-state index in [1.807, 2.05) is 24.3 Å². The SMILES string of the molecule is COc1ccccc1N1CCN(CC(O)c2ccc(C(F)(F)F)cc2)CC1. The largest absolute Gasteiger partial charge is 0.495 e. The van der Waals surface area contributed by atoms with Crippen LogP contribution in [0.3, 0.4) is 0 Å². The van der Waals surface area contributed by atoms with Crippen LogP contribution in [0.1, 0.15) is 17.2 Å². The van der Waals surface area contributed by atoms with Crippen LogP contribution in [0.5, 0.6) is 5.75 Å². The normalized spacial score (nSPS) is 17.0. The Bertz CT molecular complexity index is 742. The fourth-order valence-corrected chi connectivity index (χ4v) is 3.31. The lowest BCUT2D eigenvalue weighted by molar-refractivity contribution is -0.137. The molecular weight excluding hydrogens is 357 g/mol. The third-order valence-corrected chi connectivity index (χ3v) is 4.85. The molecule has 0 saturated carbocycles. The second-order valence-electron chi connectivity index (χ2n) is 6.60. The summed E-state index contributed by atoms with van der Waals surface area (Å²) in [4.78, 5) is 4.36. The van der Waals surface area contributed by atoms with E-state index in [4.69, 9.17) is 4.74 Å². The molecule has 0 aromatic heterocycles. The maximum absolute atomic E-state index is 12.6. The van der Waals surface area contributed by atoms with Gasteiger partial charge in [-0.05, 0) is 29.8 Å². The minimum Gasteiger partial charge on any atom is -0.495 e. The summed E-state index contributed by atoms with van der Waals surface area (Å²) >= 11 is 0. The van der Waals surface area contributed by atoms with Crippen molar-refractivity contribution in [2.75, 3.05) is 44.7 Å². The fourth-order valence-electron chi connectivity index (χ4n) is 3.31. The zero-order valence-electron chi connectivity index (χ0n) is 15.1. The molecular formula is C20H23F3N2O2. The standard InChI is InChI=1S/C20H23F3N2O2/c1-27-19-5-3-2-4-17(19)25-12-10-24(11-13-25)14-18(26)15-6-8-16(9-7-15)20(21,22)23/h2-9,18,26H,10-14H2,1H3.